The van der Waals surface area contributed by atoms with Crippen LogP contribution in [0.15, 0.2) is 83.8 Å². The Bertz CT molecular complexity index is 1430. The summed E-state index contributed by atoms with van der Waals surface area (Å²) in [6.45, 7) is 1.58. The lowest BCUT2D eigenvalue weighted by atomic mass is 9.85. The molecule has 2 N–H and O–H groups in total. The van der Waals surface area contributed by atoms with Crippen LogP contribution in [0, 0.1) is 5.92 Å². The van der Waals surface area contributed by atoms with Gasteiger partial charge >= 0.3 is 5.97 Å². The Kier molecular flexibility index (Phi) is 9.17. The highest BCUT2D eigenvalue weighted by Gasteiger charge is 2.35. The molecule has 1 saturated heterocycles. The summed E-state index contributed by atoms with van der Waals surface area (Å²) >= 11 is 0. The number of hydrogen-bond acceptors (Lipinski definition) is 5. The molecule has 1 aliphatic carbocycles. The third kappa shape index (κ3) is 7.22. The van der Waals surface area contributed by atoms with Crippen LogP contribution in [0.1, 0.15) is 49.3 Å². The Balaban J connectivity index is 1.16. The zero-order chi connectivity index (χ0) is 28.8. The molecule has 1 aliphatic heterocycles. The van der Waals surface area contributed by atoms with E-state index in [-0.39, 0.29) is 35.2 Å². The van der Waals surface area contributed by atoms with Crippen LogP contribution in [-0.2, 0) is 30.8 Å². The average molecular weight is 577 g/mol. The van der Waals surface area contributed by atoms with E-state index in [1.807, 2.05) is 59.5 Å². The lowest BCUT2D eigenvalue weighted by molar-refractivity contribution is -0.145. The number of carbonyl (C=O) groups excluding carboxylic acids is 1. The average Bonchev–Trinajstić information content (AvgIpc) is 3.00. The van der Waals surface area contributed by atoms with E-state index < -0.39 is 16.0 Å². The van der Waals surface area contributed by atoms with Gasteiger partial charge in [0.15, 0.2) is 0 Å². The number of aliphatic carboxylic acids is 1. The van der Waals surface area contributed by atoms with Crippen molar-refractivity contribution < 1.29 is 27.9 Å². The Morgan fingerprint density at radius 3 is 2.15 bits per heavy atom. The summed E-state index contributed by atoms with van der Waals surface area (Å²) in [5.41, 5.74) is 3.82. The first kappa shape index (κ1) is 29.0. The molecule has 1 atom stereocenters. The maximum atomic E-state index is 13.5. The summed E-state index contributed by atoms with van der Waals surface area (Å²) < 4.78 is 34.8. The topological polar surface area (TPSA) is 113 Å². The molecule has 216 valence electrons. The number of ether oxygens (including phenoxy) is 1. The molecule has 1 amide bonds. The third-order valence-electron chi connectivity index (χ3n) is 8.07. The van der Waals surface area contributed by atoms with Gasteiger partial charge in [0.1, 0.15) is 0 Å². The van der Waals surface area contributed by atoms with Gasteiger partial charge in [-0.2, -0.15) is 0 Å². The highest BCUT2D eigenvalue weighted by molar-refractivity contribution is 7.89. The first-order valence-electron chi connectivity index (χ1n) is 14.2. The summed E-state index contributed by atoms with van der Waals surface area (Å²) in [6.07, 6.45) is 3.07. The molecule has 2 fully saturated rings. The fraction of sp³-hybridized carbons (Fsp3) is 0.375. The van der Waals surface area contributed by atoms with E-state index in [1.165, 1.54) is 0 Å². The predicted octanol–water partition coefficient (Wildman–Crippen LogP) is 4.81. The fourth-order valence-corrected chi connectivity index (χ4v) is 7.05. The molecule has 3 aromatic carbocycles. The van der Waals surface area contributed by atoms with E-state index in [1.54, 1.807) is 24.3 Å². The summed E-state index contributed by atoms with van der Waals surface area (Å²) in [5.74, 6) is -0.810. The van der Waals surface area contributed by atoms with Gasteiger partial charge in [-0.1, -0.05) is 66.7 Å². The standard InChI is InChI=1S/C32H36N2O6S/c35-31(36)19-8-23-6-9-24(10-7-23)25-13-17-29(18-14-25)41(38,39)33-28-15-11-27(12-16-28)32(37)34-20-21-40-22-30(34)26-4-2-1-3-5-26/h1-7,9-10,13-14,17-18,27-28,30,33H,8,11-12,15-16,19-22H2,(H,35,36)/t27?,28?,30-/m0/s1. The van der Waals surface area contributed by atoms with Gasteiger partial charge in [-0.25, -0.2) is 13.1 Å². The lowest BCUT2D eigenvalue weighted by Crippen LogP contribution is -2.47. The number of carboxylic acid groups (broad SMARTS) is 1. The van der Waals surface area contributed by atoms with Crippen molar-refractivity contribution in [3.8, 4) is 11.1 Å². The quantitative estimate of drug-likeness (QED) is 0.378. The van der Waals surface area contributed by atoms with Crippen LogP contribution in [0.2, 0.25) is 0 Å². The van der Waals surface area contributed by atoms with Crippen LogP contribution >= 0.6 is 0 Å². The van der Waals surface area contributed by atoms with Crippen LogP contribution in [0.25, 0.3) is 11.1 Å². The van der Waals surface area contributed by atoms with Gasteiger partial charge in [-0.05, 0) is 66.5 Å². The molecule has 0 spiro atoms. The van der Waals surface area contributed by atoms with Gasteiger partial charge in [0.2, 0.25) is 15.9 Å². The SMILES string of the molecule is O=C(O)CCc1ccc(-c2ccc(S(=O)(=O)NC3CCC(C(=O)N4CCOC[C@H]4c4ccccc4)CC3)cc2)cc1. The number of amides is 1. The number of nitrogens with zero attached hydrogens (tertiary/aromatic N) is 1. The number of carboxylic acids is 1. The second-order valence-corrected chi connectivity index (χ2v) is 12.5. The monoisotopic (exact) mass is 576 g/mol. The number of nitrogens with one attached hydrogen (secondary N) is 1. The number of aryl methyl sites for hydroxylation is 1. The zero-order valence-electron chi connectivity index (χ0n) is 22.9. The molecule has 1 saturated carbocycles. The van der Waals surface area contributed by atoms with Gasteiger partial charge in [0.25, 0.3) is 0 Å². The molecule has 9 heteroatoms. The molecule has 0 unspecified atom stereocenters. The van der Waals surface area contributed by atoms with E-state index >= 15 is 0 Å². The first-order valence-corrected chi connectivity index (χ1v) is 15.6. The summed E-state index contributed by atoms with van der Waals surface area (Å²) in [4.78, 5) is 26.4. The molecule has 41 heavy (non-hydrogen) atoms. The van der Waals surface area contributed by atoms with Crippen molar-refractivity contribution in [1.82, 2.24) is 9.62 Å². The molecule has 2 aliphatic rings. The summed E-state index contributed by atoms with van der Waals surface area (Å²) in [5, 5.41) is 8.86. The van der Waals surface area contributed by atoms with Gasteiger partial charge in [0.05, 0.1) is 24.2 Å². The minimum absolute atomic E-state index is 0.0828. The minimum Gasteiger partial charge on any atom is -0.481 e. The predicted molar refractivity (Wildman–Crippen MR) is 156 cm³/mol. The van der Waals surface area contributed by atoms with Crippen LogP contribution < -0.4 is 4.72 Å². The Hall–Kier alpha value is -3.53. The largest absolute Gasteiger partial charge is 0.481 e. The molecule has 0 radical (unpaired) electrons. The Morgan fingerprint density at radius 2 is 1.51 bits per heavy atom. The fourth-order valence-electron chi connectivity index (χ4n) is 5.74. The minimum atomic E-state index is -3.70. The normalized spacial score (nSPS) is 21.4. The highest BCUT2D eigenvalue weighted by Crippen LogP contribution is 2.32. The van der Waals surface area contributed by atoms with Crippen LogP contribution in [-0.4, -0.2) is 56.1 Å². The third-order valence-corrected chi connectivity index (χ3v) is 9.61. The van der Waals surface area contributed by atoms with Gasteiger partial charge in [0, 0.05) is 24.9 Å². The molecule has 1 heterocycles. The number of rotatable bonds is 9. The number of benzene rings is 3. The van der Waals surface area contributed by atoms with E-state index in [0.717, 1.165) is 22.3 Å². The van der Waals surface area contributed by atoms with Crippen molar-refractivity contribution >= 4 is 21.9 Å². The maximum Gasteiger partial charge on any atom is 0.303 e. The summed E-state index contributed by atoms with van der Waals surface area (Å²) in [6, 6.07) is 24.0. The van der Waals surface area contributed by atoms with E-state index in [9.17, 15) is 18.0 Å². The van der Waals surface area contributed by atoms with Gasteiger partial charge in [-0.15, -0.1) is 0 Å². The van der Waals surface area contributed by atoms with Crippen molar-refractivity contribution in [1.29, 1.82) is 0 Å². The molecular formula is C32H36N2O6S. The maximum absolute atomic E-state index is 13.5. The molecule has 3 aromatic rings. The highest BCUT2D eigenvalue weighted by atomic mass is 32.2. The number of hydrogen-bond donors (Lipinski definition) is 2. The van der Waals surface area contributed by atoms with Crippen LogP contribution in [0.3, 0.4) is 0 Å². The molecule has 8 nitrogen and oxygen atoms in total. The van der Waals surface area contributed by atoms with E-state index in [4.69, 9.17) is 9.84 Å². The second kappa shape index (κ2) is 13.0. The summed E-state index contributed by atoms with van der Waals surface area (Å²) in [7, 11) is -3.70. The smallest absolute Gasteiger partial charge is 0.303 e. The first-order chi connectivity index (χ1) is 19.8. The van der Waals surface area contributed by atoms with E-state index in [0.29, 0.717) is 51.9 Å². The number of carbonyl (C=O) groups is 2. The molecule has 0 aromatic heterocycles. The molecular weight excluding hydrogens is 540 g/mol. The van der Waals surface area contributed by atoms with Crippen molar-refractivity contribution in [3.63, 3.8) is 0 Å². The molecule has 0 bridgehead atoms. The van der Waals surface area contributed by atoms with Crippen molar-refractivity contribution in [2.45, 2.75) is 55.5 Å². The van der Waals surface area contributed by atoms with Crippen molar-refractivity contribution in [3.05, 3.63) is 90.0 Å². The second-order valence-electron chi connectivity index (χ2n) is 10.8. The number of morpholine rings is 1. The molecule has 5 rings (SSSR count). The van der Waals surface area contributed by atoms with Crippen molar-refractivity contribution in [2.75, 3.05) is 19.8 Å². The van der Waals surface area contributed by atoms with Gasteiger partial charge < -0.3 is 14.7 Å². The van der Waals surface area contributed by atoms with Gasteiger partial charge in [-0.3, -0.25) is 9.59 Å². The Morgan fingerprint density at radius 1 is 0.878 bits per heavy atom. The van der Waals surface area contributed by atoms with Crippen LogP contribution in [0.4, 0.5) is 0 Å². The number of sulfonamides is 1. The lowest BCUT2D eigenvalue weighted by Gasteiger charge is -2.39. The zero-order valence-corrected chi connectivity index (χ0v) is 23.8. The van der Waals surface area contributed by atoms with Crippen LogP contribution in [0.5, 0.6) is 0 Å². The van der Waals surface area contributed by atoms with E-state index in [2.05, 4.69) is 4.72 Å². The van der Waals surface area contributed by atoms with Crippen molar-refractivity contribution in [2.24, 2.45) is 5.92 Å². The Labute approximate surface area is 241 Å².